The van der Waals surface area contributed by atoms with Crippen molar-refractivity contribution in [2.45, 2.75) is 19.4 Å². The van der Waals surface area contributed by atoms with Crippen molar-refractivity contribution in [1.29, 1.82) is 0 Å². The molecule has 7 heteroatoms. The molecule has 0 spiro atoms. The van der Waals surface area contributed by atoms with E-state index in [1.54, 1.807) is 12.0 Å². The molecule has 2 aromatic carbocycles. The number of hydrogen-bond donors (Lipinski definition) is 0. The van der Waals surface area contributed by atoms with Gasteiger partial charge in [0.2, 0.25) is 0 Å². The number of allylic oxidation sites excluding steroid dienone is 4. The largest absolute Gasteiger partial charge is 0.501 e. The molecule has 1 aromatic heterocycles. The number of para-hydroxylation sites is 1. The van der Waals surface area contributed by atoms with E-state index in [-0.39, 0.29) is 5.91 Å². The zero-order chi connectivity index (χ0) is 22.2. The van der Waals surface area contributed by atoms with Crippen molar-refractivity contribution in [1.82, 2.24) is 9.78 Å². The van der Waals surface area contributed by atoms with E-state index in [0.717, 1.165) is 35.7 Å². The second-order valence-electron chi connectivity index (χ2n) is 7.89. The lowest BCUT2D eigenvalue weighted by Crippen LogP contribution is -2.25. The van der Waals surface area contributed by atoms with E-state index >= 15 is 0 Å². The van der Waals surface area contributed by atoms with Crippen molar-refractivity contribution in [2.24, 2.45) is 0 Å². The Kier molecular flexibility index (Phi) is 5.23. The van der Waals surface area contributed by atoms with Crippen LogP contribution in [0.2, 0.25) is 5.02 Å². The van der Waals surface area contributed by atoms with E-state index in [4.69, 9.17) is 21.4 Å². The van der Waals surface area contributed by atoms with E-state index in [2.05, 4.69) is 6.08 Å². The molecule has 0 unspecified atom stereocenters. The van der Waals surface area contributed by atoms with Crippen LogP contribution in [0.1, 0.15) is 23.2 Å². The maximum absolute atomic E-state index is 13.8. The smallest absolute Gasteiger partial charge is 0.268 e. The van der Waals surface area contributed by atoms with Gasteiger partial charge in [0.25, 0.3) is 5.91 Å². The summed E-state index contributed by atoms with van der Waals surface area (Å²) in [7, 11) is 3.62. The lowest BCUT2D eigenvalue weighted by molar-refractivity contribution is 0.100. The van der Waals surface area contributed by atoms with Gasteiger partial charge in [0.15, 0.2) is 5.82 Å². The van der Waals surface area contributed by atoms with Gasteiger partial charge in [0.1, 0.15) is 5.56 Å². The number of hydrogen-bond acceptors (Lipinski definition) is 4. The molecule has 6 nitrogen and oxygen atoms in total. The summed E-state index contributed by atoms with van der Waals surface area (Å²) in [5, 5.41) is 5.37. The number of carbonyl (C=O) groups excluding carboxylic acids is 1. The first-order chi connectivity index (χ1) is 15.5. The van der Waals surface area contributed by atoms with E-state index in [9.17, 15) is 4.79 Å². The standard InChI is InChI=1S/C25H23ClN4O2/c1-28-22-13-10-18(26)14-23(22)30(19-6-4-3-5-7-19)25(31)21-16-29(27-24(21)28)15-17-8-11-20(32-2)12-9-17/h3-8,10-11,13-14,16H,9,12,15H2,1-2H3. The summed E-state index contributed by atoms with van der Waals surface area (Å²) in [5.74, 6) is 1.47. The minimum Gasteiger partial charge on any atom is -0.501 e. The molecule has 2 heterocycles. The molecule has 1 aliphatic carbocycles. The molecule has 0 atom stereocenters. The Morgan fingerprint density at radius 2 is 1.88 bits per heavy atom. The Morgan fingerprint density at radius 3 is 2.59 bits per heavy atom. The summed E-state index contributed by atoms with van der Waals surface area (Å²) < 4.78 is 7.17. The van der Waals surface area contributed by atoms with Crippen LogP contribution in [0, 0.1) is 0 Å². The van der Waals surface area contributed by atoms with Crippen LogP contribution in [0.15, 0.2) is 78.2 Å². The number of nitrogens with zero attached hydrogens (tertiary/aromatic N) is 4. The Balaban J connectivity index is 1.59. The molecule has 0 fully saturated rings. The summed E-state index contributed by atoms with van der Waals surface area (Å²) in [5.41, 5.74) is 4.16. The van der Waals surface area contributed by atoms with Gasteiger partial charge in [-0.25, -0.2) is 0 Å². The van der Waals surface area contributed by atoms with Gasteiger partial charge in [-0.3, -0.25) is 14.4 Å². The Morgan fingerprint density at radius 1 is 1.06 bits per heavy atom. The zero-order valence-corrected chi connectivity index (χ0v) is 18.7. The Bertz CT molecular complexity index is 1250. The van der Waals surface area contributed by atoms with E-state index < -0.39 is 0 Å². The van der Waals surface area contributed by atoms with Crippen molar-refractivity contribution >= 4 is 40.4 Å². The van der Waals surface area contributed by atoms with Gasteiger partial charge in [-0.1, -0.05) is 35.9 Å². The van der Waals surface area contributed by atoms with Crippen molar-refractivity contribution in [3.8, 4) is 0 Å². The van der Waals surface area contributed by atoms with Crippen LogP contribution in [-0.2, 0) is 11.3 Å². The van der Waals surface area contributed by atoms with Crippen molar-refractivity contribution in [3.05, 3.63) is 88.8 Å². The quantitative estimate of drug-likeness (QED) is 0.504. The molecule has 0 saturated heterocycles. The molecule has 5 rings (SSSR count). The van der Waals surface area contributed by atoms with Crippen LogP contribution in [0.25, 0.3) is 0 Å². The first-order valence-corrected chi connectivity index (χ1v) is 10.9. The third-order valence-corrected chi connectivity index (χ3v) is 6.11. The van der Waals surface area contributed by atoms with Gasteiger partial charge >= 0.3 is 0 Å². The molecule has 162 valence electrons. The molecular weight excluding hydrogens is 424 g/mol. The predicted octanol–water partition coefficient (Wildman–Crippen LogP) is 5.85. The number of fused-ring (bicyclic) bond motifs is 2. The number of halogens is 1. The fraction of sp³-hybridized carbons (Fsp3) is 0.200. The SMILES string of the molecule is COC1=CC=C(Cn2cc3c(n2)N(C)c2ccc(Cl)cc2N(c2ccccc2)C3=O)CC1. The molecule has 1 amide bonds. The molecule has 1 aliphatic heterocycles. The summed E-state index contributed by atoms with van der Waals surface area (Å²) in [6, 6.07) is 15.2. The second kappa shape index (κ2) is 8.20. The number of anilines is 4. The van der Waals surface area contributed by atoms with Crippen molar-refractivity contribution < 1.29 is 9.53 Å². The highest BCUT2D eigenvalue weighted by atomic mass is 35.5. The van der Waals surface area contributed by atoms with Gasteiger partial charge in [0.05, 0.1) is 30.8 Å². The molecule has 3 aromatic rings. The minimum atomic E-state index is -0.135. The van der Waals surface area contributed by atoms with E-state index in [1.165, 1.54) is 5.57 Å². The average Bonchev–Trinajstić information content (AvgIpc) is 3.21. The number of aromatic nitrogens is 2. The van der Waals surface area contributed by atoms with Gasteiger partial charge < -0.3 is 9.64 Å². The fourth-order valence-electron chi connectivity index (χ4n) is 4.20. The first-order valence-electron chi connectivity index (χ1n) is 10.5. The van der Waals surface area contributed by atoms with Crippen molar-refractivity contribution in [3.63, 3.8) is 0 Å². The Labute approximate surface area is 192 Å². The maximum Gasteiger partial charge on any atom is 0.268 e. The summed E-state index contributed by atoms with van der Waals surface area (Å²) >= 11 is 6.32. The molecule has 0 radical (unpaired) electrons. The third-order valence-electron chi connectivity index (χ3n) is 5.87. The predicted molar refractivity (Wildman–Crippen MR) is 127 cm³/mol. The molecule has 0 bridgehead atoms. The number of amides is 1. The van der Waals surface area contributed by atoms with Gasteiger partial charge in [-0.05, 0) is 48.4 Å². The highest BCUT2D eigenvalue weighted by molar-refractivity contribution is 6.31. The zero-order valence-electron chi connectivity index (χ0n) is 18.0. The highest BCUT2D eigenvalue weighted by Gasteiger charge is 2.33. The normalized spacial score (nSPS) is 15.5. The third kappa shape index (κ3) is 3.56. The van der Waals surface area contributed by atoms with E-state index in [1.807, 2.05) is 77.4 Å². The van der Waals surface area contributed by atoms with Gasteiger partial charge in [0, 0.05) is 30.4 Å². The number of methoxy groups -OCH3 is 1. The number of ether oxygens (including phenoxy) is 1. The van der Waals surface area contributed by atoms with Gasteiger partial charge in [-0.2, -0.15) is 5.10 Å². The molecule has 0 saturated carbocycles. The summed E-state index contributed by atoms with van der Waals surface area (Å²) in [6.45, 7) is 0.625. The lowest BCUT2D eigenvalue weighted by atomic mass is 10.0. The molecule has 0 N–H and O–H groups in total. The molecule has 2 aliphatic rings. The average molecular weight is 447 g/mol. The van der Waals surface area contributed by atoms with E-state index in [0.29, 0.717) is 22.9 Å². The lowest BCUT2D eigenvalue weighted by Gasteiger charge is -2.25. The molecule has 32 heavy (non-hydrogen) atoms. The molecular formula is C25H23ClN4O2. The highest BCUT2D eigenvalue weighted by Crippen LogP contribution is 2.43. The van der Waals surface area contributed by atoms with Crippen LogP contribution < -0.4 is 9.80 Å². The number of carbonyl (C=O) groups is 1. The fourth-order valence-corrected chi connectivity index (χ4v) is 4.36. The minimum absolute atomic E-state index is 0.135. The van der Waals surface area contributed by atoms with Crippen LogP contribution in [-0.4, -0.2) is 29.8 Å². The van der Waals surface area contributed by atoms with Gasteiger partial charge in [-0.15, -0.1) is 0 Å². The first kappa shape index (κ1) is 20.4. The van der Waals surface area contributed by atoms with Crippen LogP contribution >= 0.6 is 11.6 Å². The maximum atomic E-state index is 13.8. The second-order valence-corrected chi connectivity index (χ2v) is 8.33. The number of benzene rings is 2. The van der Waals surface area contributed by atoms with Crippen molar-refractivity contribution in [2.75, 3.05) is 24.0 Å². The van der Waals surface area contributed by atoms with Crippen LogP contribution in [0.4, 0.5) is 22.9 Å². The van der Waals surface area contributed by atoms with Crippen LogP contribution in [0.3, 0.4) is 0 Å². The number of rotatable bonds is 4. The summed E-state index contributed by atoms with van der Waals surface area (Å²) in [6.07, 6.45) is 7.70. The topological polar surface area (TPSA) is 50.6 Å². The Hall–Kier alpha value is -3.51. The van der Waals surface area contributed by atoms with Crippen LogP contribution in [0.5, 0.6) is 0 Å². The monoisotopic (exact) mass is 446 g/mol. The summed E-state index contributed by atoms with van der Waals surface area (Å²) in [4.78, 5) is 17.5.